The Morgan fingerprint density at radius 2 is 1.71 bits per heavy atom. The summed E-state index contributed by atoms with van der Waals surface area (Å²) in [7, 11) is 2.85. The van der Waals surface area contributed by atoms with Crippen LogP contribution < -0.4 is 0 Å². The minimum Gasteiger partial charge on any atom is -0.497 e. The molecule has 0 unspecified atom stereocenters. The Labute approximate surface area is 83.0 Å². The number of carbonyl (C=O) groups excluding carboxylic acids is 1. The molecule has 0 saturated carbocycles. The second kappa shape index (κ2) is 4.46. The first-order chi connectivity index (χ1) is 6.70. The Bertz CT molecular complexity index is 320. The molecule has 0 fully saturated rings. The van der Waals surface area contributed by atoms with E-state index in [-0.39, 0.29) is 5.97 Å². The van der Waals surface area contributed by atoms with E-state index in [1.165, 1.54) is 14.2 Å². The lowest BCUT2D eigenvalue weighted by Gasteiger charge is -2.08. The van der Waals surface area contributed by atoms with Crippen LogP contribution in [-0.2, 0) is 9.47 Å². The zero-order chi connectivity index (χ0) is 10.6. The Kier molecular flexibility index (Phi) is 3.29. The third kappa shape index (κ3) is 1.93. The minimum atomic E-state index is -0.390. The van der Waals surface area contributed by atoms with Crippen LogP contribution in [0.4, 0.5) is 0 Å². The van der Waals surface area contributed by atoms with Gasteiger partial charge in [-0.25, -0.2) is 4.79 Å². The Balaban J connectivity index is 3.15. The molecule has 3 heteroatoms. The molecule has 0 aliphatic rings. The van der Waals surface area contributed by atoms with Gasteiger partial charge in [0.1, 0.15) is 5.76 Å². The van der Waals surface area contributed by atoms with E-state index in [2.05, 4.69) is 11.3 Å². The van der Waals surface area contributed by atoms with Crippen LogP contribution in [0.15, 0.2) is 30.8 Å². The number of benzene rings is 1. The van der Waals surface area contributed by atoms with Gasteiger partial charge in [0.05, 0.1) is 19.8 Å². The van der Waals surface area contributed by atoms with Crippen LogP contribution >= 0.6 is 0 Å². The molecular weight excluding hydrogens is 180 g/mol. The molecule has 1 aromatic rings. The lowest BCUT2D eigenvalue weighted by atomic mass is 10.1. The fourth-order valence-corrected chi connectivity index (χ4v) is 1.12. The van der Waals surface area contributed by atoms with Gasteiger partial charge in [-0.3, -0.25) is 0 Å². The lowest BCUT2D eigenvalue weighted by Crippen LogP contribution is -2.05. The number of rotatable bonds is 3. The van der Waals surface area contributed by atoms with Gasteiger partial charge in [-0.15, -0.1) is 0 Å². The maximum absolute atomic E-state index is 11.3. The van der Waals surface area contributed by atoms with E-state index in [4.69, 9.17) is 4.74 Å². The normalized spacial score (nSPS) is 9.29. The second-order valence-corrected chi connectivity index (χ2v) is 2.66. The number of hydrogen-bond donors (Lipinski definition) is 0. The van der Waals surface area contributed by atoms with E-state index < -0.39 is 0 Å². The zero-order valence-corrected chi connectivity index (χ0v) is 8.24. The predicted octanol–water partition coefficient (Wildman–Crippen LogP) is 2.09. The molecule has 1 rings (SSSR count). The molecule has 0 spiro atoms. The molecule has 0 heterocycles. The summed E-state index contributed by atoms with van der Waals surface area (Å²) in [5.41, 5.74) is 1.11. The minimum absolute atomic E-state index is 0.390. The summed E-state index contributed by atoms with van der Waals surface area (Å²) >= 11 is 0. The summed E-state index contributed by atoms with van der Waals surface area (Å²) in [4.78, 5) is 11.3. The summed E-state index contributed by atoms with van der Waals surface area (Å²) < 4.78 is 9.61. The van der Waals surface area contributed by atoms with Crippen molar-refractivity contribution in [3.05, 3.63) is 42.0 Å². The first kappa shape index (κ1) is 10.3. The highest BCUT2D eigenvalue weighted by atomic mass is 16.5. The maximum atomic E-state index is 11.3. The molecule has 0 saturated heterocycles. The van der Waals surface area contributed by atoms with Crippen LogP contribution in [0.25, 0.3) is 5.76 Å². The van der Waals surface area contributed by atoms with Crippen molar-refractivity contribution in [3.8, 4) is 0 Å². The third-order valence-electron chi connectivity index (χ3n) is 1.88. The van der Waals surface area contributed by atoms with Gasteiger partial charge in [-0.1, -0.05) is 24.8 Å². The second-order valence-electron chi connectivity index (χ2n) is 2.66. The highest BCUT2D eigenvalue weighted by Gasteiger charge is 2.12. The van der Waals surface area contributed by atoms with Crippen molar-refractivity contribution in [3.63, 3.8) is 0 Å². The van der Waals surface area contributed by atoms with Crippen molar-refractivity contribution < 1.29 is 14.3 Å². The molecule has 3 nitrogen and oxygen atoms in total. The molecule has 1 aromatic carbocycles. The first-order valence-corrected chi connectivity index (χ1v) is 4.11. The summed E-state index contributed by atoms with van der Waals surface area (Å²) in [6.45, 7) is 3.69. The van der Waals surface area contributed by atoms with Crippen molar-refractivity contribution in [2.45, 2.75) is 0 Å². The number of esters is 1. The van der Waals surface area contributed by atoms with Gasteiger partial charge in [0.2, 0.25) is 0 Å². The fourth-order valence-electron chi connectivity index (χ4n) is 1.12. The molecule has 0 N–H and O–H groups in total. The van der Waals surface area contributed by atoms with Crippen LogP contribution in [-0.4, -0.2) is 20.2 Å². The van der Waals surface area contributed by atoms with Gasteiger partial charge >= 0.3 is 5.97 Å². The highest BCUT2D eigenvalue weighted by Crippen LogP contribution is 2.18. The van der Waals surface area contributed by atoms with Crippen LogP contribution in [0.1, 0.15) is 15.9 Å². The molecule has 74 valence electrons. The van der Waals surface area contributed by atoms with E-state index in [1.54, 1.807) is 18.2 Å². The Morgan fingerprint density at radius 3 is 2.21 bits per heavy atom. The summed E-state index contributed by atoms with van der Waals surface area (Å²) in [5.74, 6) is 0.0600. The highest BCUT2D eigenvalue weighted by molar-refractivity contribution is 5.94. The first-order valence-electron chi connectivity index (χ1n) is 4.11. The topological polar surface area (TPSA) is 35.5 Å². The lowest BCUT2D eigenvalue weighted by molar-refractivity contribution is 0.0600. The molecule has 0 aliphatic carbocycles. The van der Waals surface area contributed by atoms with Gasteiger partial charge in [0, 0.05) is 5.56 Å². The molecular formula is C11H12O3. The van der Waals surface area contributed by atoms with Gasteiger partial charge < -0.3 is 9.47 Å². The molecule has 0 amide bonds. The fraction of sp³-hybridized carbons (Fsp3) is 0.182. The van der Waals surface area contributed by atoms with Crippen LogP contribution in [0.5, 0.6) is 0 Å². The average Bonchev–Trinajstić information content (AvgIpc) is 2.27. The monoisotopic (exact) mass is 192 g/mol. The average molecular weight is 192 g/mol. The Morgan fingerprint density at radius 1 is 1.14 bits per heavy atom. The standard InChI is InChI=1S/C11H12O3/c1-8(13-2)9-6-4-5-7-10(9)11(12)14-3/h4-7H,1H2,2-3H3. The van der Waals surface area contributed by atoms with E-state index in [0.717, 1.165) is 0 Å². The smallest absolute Gasteiger partial charge is 0.338 e. The SMILES string of the molecule is C=C(OC)c1ccccc1C(=O)OC. The van der Waals surface area contributed by atoms with Crippen LogP contribution in [0.3, 0.4) is 0 Å². The molecule has 0 bridgehead atoms. The van der Waals surface area contributed by atoms with Gasteiger partial charge in [-0.2, -0.15) is 0 Å². The third-order valence-corrected chi connectivity index (χ3v) is 1.88. The van der Waals surface area contributed by atoms with Gasteiger partial charge in [0.25, 0.3) is 0 Å². The van der Waals surface area contributed by atoms with E-state index in [0.29, 0.717) is 16.9 Å². The van der Waals surface area contributed by atoms with E-state index >= 15 is 0 Å². The molecule has 0 aromatic heterocycles. The van der Waals surface area contributed by atoms with Gasteiger partial charge in [0.15, 0.2) is 0 Å². The van der Waals surface area contributed by atoms with Crippen LogP contribution in [0, 0.1) is 0 Å². The largest absolute Gasteiger partial charge is 0.497 e. The molecule has 0 aliphatic heterocycles. The van der Waals surface area contributed by atoms with Crippen molar-refractivity contribution in [2.24, 2.45) is 0 Å². The van der Waals surface area contributed by atoms with E-state index in [1.807, 2.05) is 6.07 Å². The number of hydrogen-bond acceptors (Lipinski definition) is 3. The quantitative estimate of drug-likeness (QED) is 0.543. The summed E-state index contributed by atoms with van der Waals surface area (Å²) in [5, 5.41) is 0. The summed E-state index contributed by atoms with van der Waals surface area (Å²) in [6.07, 6.45) is 0. The molecule has 14 heavy (non-hydrogen) atoms. The van der Waals surface area contributed by atoms with Crippen molar-refractivity contribution in [1.29, 1.82) is 0 Å². The molecule has 0 atom stereocenters. The maximum Gasteiger partial charge on any atom is 0.338 e. The number of ether oxygens (including phenoxy) is 2. The molecule has 0 radical (unpaired) electrons. The van der Waals surface area contributed by atoms with Crippen molar-refractivity contribution in [1.82, 2.24) is 0 Å². The number of carbonyl (C=O) groups is 1. The predicted molar refractivity (Wildman–Crippen MR) is 53.8 cm³/mol. The van der Waals surface area contributed by atoms with Crippen molar-refractivity contribution in [2.75, 3.05) is 14.2 Å². The van der Waals surface area contributed by atoms with Gasteiger partial charge in [-0.05, 0) is 6.07 Å². The van der Waals surface area contributed by atoms with E-state index in [9.17, 15) is 4.79 Å². The zero-order valence-electron chi connectivity index (χ0n) is 8.24. The summed E-state index contributed by atoms with van der Waals surface area (Å²) in [6, 6.07) is 7.01. The van der Waals surface area contributed by atoms with Crippen LogP contribution in [0.2, 0.25) is 0 Å². The Hall–Kier alpha value is -1.77. The number of methoxy groups -OCH3 is 2. The van der Waals surface area contributed by atoms with Crippen molar-refractivity contribution >= 4 is 11.7 Å².